The minimum Gasteiger partial charge on any atom is -0.133 e. The molecule has 0 aliphatic heterocycles. The number of aryl methyl sites for hydroxylation is 2. The van der Waals surface area contributed by atoms with Crippen LogP contribution in [0, 0.1) is 6.92 Å². The Morgan fingerprint density at radius 1 is 1.33 bits per heavy atom. The van der Waals surface area contributed by atoms with Crippen LogP contribution in [0.2, 0.25) is 0 Å². The highest BCUT2D eigenvalue weighted by Crippen LogP contribution is 2.17. The van der Waals surface area contributed by atoms with E-state index in [9.17, 15) is 0 Å². The Morgan fingerprint density at radius 3 is 2.42 bits per heavy atom. The highest BCUT2D eigenvalue weighted by molar-refractivity contribution is 8.93. The molecule has 0 N–H and O–H groups in total. The third-order valence-corrected chi connectivity index (χ3v) is 2.50. The van der Waals surface area contributed by atoms with Crippen molar-refractivity contribution in [2.75, 3.05) is 0 Å². The third-order valence-electron chi connectivity index (χ3n) is 2.09. The first-order valence-electron chi connectivity index (χ1n) is 4.07. The van der Waals surface area contributed by atoms with Crippen molar-refractivity contribution in [1.82, 2.24) is 0 Å². The van der Waals surface area contributed by atoms with Gasteiger partial charge < -0.3 is 0 Å². The van der Waals surface area contributed by atoms with Crippen LogP contribution >= 0.6 is 26.2 Å². The maximum Gasteiger partial charge on any atom is -0.0123 e. The maximum atomic E-state index is 2.79. The summed E-state index contributed by atoms with van der Waals surface area (Å²) in [6.45, 7) is 4.39. The van der Waals surface area contributed by atoms with Crippen LogP contribution in [0.15, 0.2) is 18.2 Å². The fourth-order valence-corrected chi connectivity index (χ4v) is 1.97. The number of halogens is 1. The lowest BCUT2D eigenvalue weighted by molar-refractivity contribution is 1.09. The molecule has 0 spiro atoms. The summed E-state index contributed by atoms with van der Waals surface area (Å²) >= 11 is 0. The van der Waals surface area contributed by atoms with E-state index in [-0.39, 0.29) is 17.0 Å². The van der Waals surface area contributed by atoms with Crippen LogP contribution in [-0.2, 0) is 12.6 Å². The summed E-state index contributed by atoms with van der Waals surface area (Å²) in [7, 11) is 2.79. The van der Waals surface area contributed by atoms with E-state index >= 15 is 0 Å². The van der Waals surface area contributed by atoms with Crippen molar-refractivity contribution in [3.63, 3.8) is 0 Å². The average Bonchev–Trinajstić information content (AvgIpc) is 2.04. The SMILES string of the molecule is Br.CCc1cccc(C)c1CP. The van der Waals surface area contributed by atoms with Crippen LogP contribution in [0.25, 0.3) is 0 Å². The van der Waals surface area contributed by atoms with E-state index < -0.39 is 0 Å². The molecule has 68 valence electrons. The van der Waals surface area contributed by atoms with Crippen molar-refractivity contribution < 1.29 is 0 Å². The summed E-state index contributed by atoms with van der Waals surface area (Å²) in [5.41, 5.74) is 4.40. The number of benzene rings is 1. The summed E-state index contributed by atoms with van der Waals surface area (Å²) in [6, 6.07) is 6.53. The van der Waals surface area contributed by atoms with Gasteiger partial charge in [0.05, 0.1) is 0 Å². The zero-order chi connectivity index (χ0) is 8.27. The Labute approximate surface area is 87.7 Å². The monoisotopic (exact) mass is 246 g/mol. The second kappa shape index (κ2) is 5.72. The van der Waals surface area contributed by atoms with Gasteiger partial charge in [-0.25, -0.2) is 0 Å². The fraction of sp³-hybridized carbons (Fsp3) is 0.400. The molecular formula is C10H16BrP. The molecule has 0 aliphatic rings. The van der Waals surface area contributed by atoms with Crippen LogP contribution in [0.4, 0.5) is 0 Å². The molecule has 1 aromatic rings. The van der Waals surface area contributed by atoms with E-state index in [0.717, 1.165) is 12.6 Å². The zero-order valence-corrected chi connectivity index (χ0v) is 10.5. The van der Waals surface area contributed by atoms with E-state index in [1.54, 1.807) is 0 Å². The highest BCUT2D eigenvalue weighted by Gasteiger charge is 1.99. The molecule has 0 aliphatic carbocycles. The quantitative estimate of drug-likeness (QED) is 0.701. The average molecular weight is 247 g/mol. The van der Waals surface area contributed by atoms with E-state index in [1.807, 2.05) is 0 Å². The van der Waals surface area contributed by atoms with Crippen molar-refractivity contribution in [2.45, 2.75) is 26.4 Å². The van der Waals surface area contributed by atoms with Gasteiger partial charge >= 0.3 is 0 Å². The van der Waals surface area contributed by atoms with E-state index in [4.69, 9.17) is 0 Å². The summed E-state index contributed by atoms with van der Waals surface area (Å²) in [4.78, 5) is 0. The summed E-state index contributed by atoms with van der Waals surface area (Å²) < 4.78 is 0. The van der Waals surface area contributed by atoms with Crippen molar-refractivity contribution in [2.24, 2.45) is 0 Å². The van der Waals surface area contributed by atoms with Gasteiger partial charge in [0, 0.05) is 0 Å². The lowest BCUT2D eigenvalue weighted by Crippen LogP contribution is -1.91. The second-order valence-electron chi connectivity index (χ2n) is 2.77. The van der Waals surface area contributed by atoms with Crippen LogP contribution in [-0.4, -0.2) is 0 Å². The van der Waals surface area contributed by atoms with Gasteiger partial charge in [0.25, 0.3) is 0 Å². The van der Waals surface area contributed by atoms with Crippen LogP contribution < -0.4 is 0 Å². The van der Waals surface area contributed by atoms with Gasteiger partial charge in [-0.2, -0.15) is 0 Å². The number of hydrogen-bond acceptors (Lipinski definition) is 0. The Kier molecular flexibility index (Phi) is 5.78. The predicted molar refractivity (Wildman–Crippen MR) is 64.3 cm³/mol. The van der Waals surface area contributed by atoms with Crippen LogP contribution in [0.1, 0.15) is 23.6 Å². The smallest absolute Gasteiger partial charge is 0.0123 e. The summed E-state index contributed by atoms with van der Waals surface area (Å²) in [5.74, 6) is 0. The van der Waals surface area contributed by atoms with Crippen LogP contribution in [0.3, 0.4) is 0 Å². The summed E-state index contributed by atoms with van der Waals surface area (Å²) in [6.07, 6.45) is 2.22. The van der Waals surface area contributed by atoms with Crippen molar-refractivity contribution in [3.05, 3.63) is 34.9 Å². The van der Waals surface area contributed by atoms with Gasteiger partial charge in [0.2, 0.25) is 0 Å². The van der Waals surface area contributed by atoms with Gasteiger partial charge in [-0.1, -0.05) is 25.1 Å². The molecule has 0 saturated heterocycles. The Balaban J connectivity index is 0.00000121. The molecule has 1 aromatic carbocycles. The van der Waals surface area contributed by atoms with Gasteiger partial charge in [-0.15, -0.1) is 26.2 Å². The second-order valence-corrected chi connectivity index (χ2v) is 3.18. The standard InChI is InChI=1S/C10H15P.BrH/c1-3-9-6-4-5-8(2)10(9)7-11;/h4-6H,3,7,11H2,1-2H3;1H. The zero-order valence-electron chi connectivity index (χ0n) is 7.63. The molecule has 1 atom stereocenters. The molecule has 0 nitrogen and oxygen atoms in total. The molecule has 0 saturated carbocycles. The largest absolute Gasteiger partial charge is 0.133 e. The molecule has 0 heterocycles. The molecule has 12 heavy (non-hydrogen) atoms. The number of hydrogen-bond donors (Lipinski definition) is 0. The third kappa shape index (κ3) is 2.57. The van der Waals surface area contributed by atoms with E-state index in [0.29, 0.717) is 0 Å². The molecule has 0 aromatic heterocycles. The lowest BCUT2D eigenvalue weighted by Gasteiger charge is -2.07. The molecule has 0 bridgehead atoms. The first kappa shape index (κ1) is 12.1. The molecule has 1 unspecified atom stereocenters. The molecule has 0 amide bonds. The summed E-state index contributed by atoms with van der Waals surface area (Å²) in [5, 5.41) is 0. The van der Waals surface area contributed by atoms with Gasteiger partial charge in [0.15, 0.2) is 0 Å². The minimum atomic E-state index is 0. The molecule has 2 heteroatoms. The van der Waals surface area contributed by atoms with Gasteiger partial charge in [0.1, 0.15) is 0 Å². The first-order chi connectivity index (χ1) is 5.29. The molecular weight excluding hydrogens is 231 g/mol. The van der Waals surface area contributed by atoms with E-state index in [1.165, 1.54) is 16.7 Å². The topological polar surface area (TPSA) is 0 Å². The molecule has 1 rings (SSSR count). The van der Waals surface area contributed by atoms with Crippen LogP contribution in [0.5, 0.6) is 0 Å². The molecule has 0 fully saturated rings. The van der Waals surface area contributed by atoms with Crippen molar-refractivity contribution >= 4 is 26.2 Å². The van der Waals surface area contributed by atoms with Gasteiger partial charge in [-0.05, 0) is 36.2 Å². The Hall–Kier alpha value is 0.130. The fourth-order valence-electron chi connectivity index (χ4n) is 1.39. The van der Waals surface area contributed by atoms with Crippen molar-refractivity contribution in [3.8, 4) is 0 Å². The van der Waals surface area contributed by atoms with Gasteiger partial charge in [-0.3, -0.25) is 0 Å². The predicted octanol–water partition coefficient (Wildman–Crippen LogP) is 3.51. The Bertz CT molecular complexity index is 246. The number of rotatable bonds is 2. The molecule has 0 radical (unpaired) electrons. The lowest BCUT2D eigenvalue weighted by atomic mass is 10.0. The highest BCUT2D eigenvalue weighted by atomic mass is 79.9. The first-order valence-corrected chi connectivity index (χ1v) is 4.88. The normalized spacial score (nSPS) is 9.25. The Morgan fingerprint density at radius 2 is 2.00 bits per heavy atom. The van der Waals surface area contributed by atoms with Crippen molar-refractivity contribution in [1.29, 1.82) is 0 Å². The van der Waals surface area contributed by atoms with E-state index in [2.05, 4.69) is 41.3 Å². The maximum absolute atomic E-state index is 2.79. The minimum absolute atomic E-state index is 0.